The van der Waals surface area contributed by atoms with Gasteiger partial charge in [-0.3, -0.25) is 0 Å². The second-order valence-corrected chi connectivity index (χ2v) is 14.4. The molecule has 8 aromatic rings. The van der Waals surface area contributed by atoms with E-state index in [1.165, 1.54) is 5.57 Å². The SMILES string of the molecule is C1=CC=C(c2nc(-c3ccccc3)nc(-c3cccc(C4=CC(c5cccc(-c6nc(-c7ccccc7)nc(-c7ccccc7-c7ccccc7)n6)c5)=CCC4)c3)n2)C=1. The van der Waals surface area contributed by atoms with Crippen LogP contribution in [0.15, 0.2) is 200 Å². The molecule has 0 radical (unpaired) electrons. The molecule has 0 aliphatic heterocycles. The summed E-state index contributed by atoms with van der Waals surface area (Å²) in [4.78, 5) is 30.0. The Hall–Kier alpha value is -7.92. The summed E-state index contributed by atoms with van der Waals surface area (Å²) in [5, 5.41) is 0. The van der Waals surface area contributed by atoms with E-state index in [2.05, 4.69) is 109 Å². The number of hydrogen-bond acceptors (Lipinski definition) is 6. The smallest absolute Gasteiger partial charge is 0.164 e. The molecule has 6 heteroatoms. The summed E-state index contributed by atoms with van der Waals surface area (Å²) in [6.07, 6.45) is 12.2. The summed E-state index contributed by atoms with van der Waals surface area (Å²) >= 11 is 0. The highest BCUT2D eigenvalue weighted by atomic mass is 15.0. The summed E-state index contributed by atoms with van der Waals surface area (Å²) in [7, 11) is 0. The van der Waals surface area contributed by atoms with Crippen molar-refractivity contribution in [2.24, 2.45) is 0 Å². The Bertz CT molecular complexity index is 3010. The normalized spacial score (nSPS) is 13.2. The third-order valence-electron chi connectivity index (χ3n) is 10.5. The summed E-state index contributed by atoms with van der Waals surface area (Å²) < 4.78 is 0. The van der Waals surface area contributed by atoms with Crippen LogP contribution in [0.3, 0.4) is 0 Å². The molecule has 2 aliphatic carbocycles. The van der Waals surface area contributed by atoms with Gasteiger partial charge in [-0.2, -0.15) is 0 Å². The number of rotatable bonds is 9. The summed E-state index contributed by atoms with van der Waals surface area (Å²) in [5.74, 6) is 3.79. The lowest BCUT2D eigenvalue weighted by Gasteiger charge is -2.16. The number of nitrogens with zero attached hydrogens (tertiary/aromatic N) is 6. The quantitative estimate of drug-likeness (QED) is 0.137. The van der Waals surface area contributed by atoms with Crippen molar-refractivity contribution in [1.29, 1.82) is 0 Å². The van der Waals surface area contributed by atoms with Gasteiger partial charge in [0.15, 0.2) is 34.9 Å². The first-order valence-electron chi connectivity index (χ1n) is 19.8. The highest BCUT2D eigenvalue weighted by Crippen LogP contribution is 2.36. The van der Waals surface area contributed by atoms with Crippen LogP contribution in [0, 0.1) is 0 Å². The molecule has 59 heavy (non-hydrogen) atoms. The van der Waals surface area contributed by atoms with Crippen LogP contribution in [-0.4, -0.2) is 29.9 Å². The minimum atomic E-state index is 0.623. The van der Waals surface area contributed by atoms with Crippen molar-refractivity contribution < 1.29 is 0 Å². The van der Waals surface area contributed by atoms with Crippen molar-refractivity contribution in [3.05, 3.63) is 217 Å². The van der Waals surface area contributed by atoms with Gasteiger partial charge < -0.3 is 0 Å². The fraction of sp³-hybridized carbons (Fsp3) is 0.0377. The van der Waals surface area contributed by atoms with Gasteiger partial charge in [0.1, 0.15) is 0 Å². The maximum Gasteiger partial charge on any atom is 0.164 e. The van der Waals surface area contributed by atoms with Crippen molar-refractivity contribution in [3.8, 4) is 68.1 Å². The first-order chi connectivity index (χ1) is 29.2. The highest BCUT2D eigenvalue weighted by molar-refractivity contribution is 5.88. The van der Waals surface area contributed by atoms with E-state index < -0.39 is 0 Å². The van der Waals surface area contributed by atoms with Gasteiger partial charge in [-0.1, -0.05) is 164 Å². The zero-order chi connectivity index (χ0) is 39.4. The lowest BCUT2D eigenvalue weighted by Crippen LogP contribution is -2.02. The maximum atomic E-state index is 5.15. The predicted octanol–water partition coefficient (Wildman–Crippen LogP) is 12.4. The van der Waals surface area contributed by atoms with E-state index in [9.17, 15) is 0 Å². The fourth-order valence-electron chi connectivity index (χ4n) is 7.53. The van der Waals surface area contributed by atoms with E-state index in [1.54, 1.807) is 0 Å². The molecule has 0 fully saturated rings. The summed E-state index contributed by atoms with van der Waals surface area (Å²) in [6, 6.07) is 55.9. The largest absolute Gasteiger partial charge is 0.208 e. The fourth-order valence-corrected chi connectivity index (χ4v) is 7.53. The first-order valence-corrected chi connectivity index (χ1v) is 19.8. The van der Waals surface area contributed by atoms with E-state index in [1.807, 2.05) is 91.0 Å². The first kappa shape index (κ1) is 35.5. The molecule has 278 valence electrons. The van der Waals surface area contributed by atoms with Crippen LogP contribution in [0.5, 0.6) is 0 Å². The second-order valence-electron chi connectivity index (χ2n) is 14.4. The summed E-state index contributed by atoms with van der Waals surface area (Å²) in [6.45, 7) is 0. The Morgan fingerprint density at radius 3 is 1.46 bits per heavy atom. The van der Waals surface area contributed by atoms with Crippen LogP contribution in [0.2, 0.25) is 0 Å². The van der Waals surface area contributed by atoms with Gasteiger partial charge in [-0.15, -0.1) is 5.73 Å². The number of allylic oxidation sites excluding steroid dienone is 7. The molecular formula is C53H36N6. The molecule has 2 heterocycles. The molecule has 10 rings (SSSR count). The summed E-state index contributed by atoms with van der Waals surface area (Å²) in [5.41, 5.74) is 15.6. The molecule has 6 aromatic carbocycles. The Balaban J connectivity index is 1.00. The molecular weight excluding hydrogens is 721 g/mol. The monoisotopic (exact) mass is 756 g/mol. The standard InChI is InChI=1S/C53H36N6/c1-4-17-36(18-5-1)46-31-12-13-32-47(46)53-58-50(38-21-8-3-9-22-38)57-52(59-53)45-30-16-28-43(35-45)41-26-14-25-40(33-41)42-27-15-29-44(34-42)51-55-48(37-19-6-2-7-20-37)54-49(56-51)39-23-10-11-24-39/h1-10,12-13,15-24,26-35H,14,25H2. The van der Waals surface area contributed by atoms with Crippen LogP contribution in [-0.2, 0) is 0 Å². The van der Waals surface area contributed by atoms with Crippen molar-refractivity contribution in [1.82, 2.24) is 29.9 Å². The van der Waals surface area contributed by atoms with E-state index in [4.69, 9.17) is 29.9 Å². The average Bonchev–Trinajstić information content (AvgIpc) is 3.88. The minimum Gasteiger partial charge on any atom is -0.208 e. The number of hydrogen-bond donors (Lipinski definition) is 0. The number of aromatic nitrogens is 6. The zero-order valence-electron chi connectivity index (χ0n) is 32.1. The molecule has 0 unspecified atom stereocenters. The van der Waals surface area contributed by atoms with Crippen LogP contribution < -0.4 is 0 Å². The van der Waals surface area contributed by atoms with Gasteiger partial charge in [0.05, 0.1) is 0 Å². The predicted molar refractivity (Wildman–Crippen MR) is 238 cm³/mol. The molecule has 2 aliphatic rings. The molecule has 0 atom stereocenters. The third kappa shape index (κ3) is 7.52. The topological polar surface area (TPSA) is 77.3 Å². The van der Waals surface area contributed by atoms with Gasteiger partial charge in [0, 0.05) is 33.4 Å². The van der Waals surface area contributed by atoms with Gasteiger partial charge in [-0.05, 0) is 76.6 Å². The van der Waals surface area contributed by atoms with Crippen LogP contribution in [0.1, 0.15) is 29.8 Å². The Morgan fingerprint density at radius 1 is 0.373 bits per heavy atom. The number of benzene rings is 6. The van der Waals surface area contributed by atoms with Crippen molar-refractivity contribution >= 4 is 16.7 Å². The Morgan fingerprint density at radius 2 is 0.847 bits per heavy atom. The second kappa shape index (κ2) is 15.9. The molecule has 0 saturated carbocycles. The molecule has 0 spiro atoms. The zero-order valence-corrected chi connectivity index (χ0v) is 32.1. The minimum absolute atomic E-state index is 0.623. The van der Waals surface area contributed by atoms with Crippen LogP contribution >= 0.6 is 0 Å². The van der Waals surface area contributed by atoms with Crippen LogP contribution in [0.4, 0.5) is 0 Å². The van der Waals surface area contributed by atoms with Gasteiger partial charge >= 0.3 is 0 Å². The van der Waals surface area contributed by atoms with Gasteiger partial charge in [-0.25, -0.2) is 29.9 Å². The van der Waals surface area contributed by atoms with Crippen LogP contribution in [0.25, 0.3) is 84.8 Å². The highest BCUT2D eigenvalue weighted by Gasteiger charge is 2.18. The van der Waals surface area contributed by atoms with Gasteiger partial charge in [0.2, 0.25) is 0 Å². The van der Waals surface area contributed by atoms with E-state index in [0.29, 0.717) is 34.9 Å². The average molecular weight is 757 g/mol. The Labute approximate surface area is 343 Å². The lowest BCUT2D eigenvalue weighted by atomic mass is 9.89. The van der Waals surface area contributed by atoms with Crippen molar-refractivity contribution in [3.63, 3.8) is 0 Å². The lowest BCUT2D eigenvalue weighted by molar-refractivity contribution is 1.04. The molecule has 0 amide bonds. The van der Waals surface area contributed by atoms with Crippen molar-refractivity contribution in [2.45, 2.75) is 12.8 Å². The van der Waals surface area contributed by atoms with E-state index >= 15 is 0 Å². The maximum absolute atomic E-state index is 5.15. The Kier molecular flexibility index (Phi) is 9.57. The third-order valence-corrected chi connectivity index (χ3v) is 10.5. The molecule has 0 saturated heterocycles. The molecule has 0 bridgehead atoms. The van der Waals surface area contributed by atoms with E-state index in [0.717, 1.165) is 74.1 Å². The molecule has 0 N–H and O–H groups in total. The van der Waals surface area contributed by atoms with E-state index in [-0.39, 0.29) is 0 Å². The molecule has 2 aromatic heterocycles. The molecule has 6 nitrogen and oxygen atoms in total. The van der Waals surface area contributed by atoms with Crippen molar-refractivity contribution in [2.75, 3.05) is 0 Å². The van der Waals surface area contributed by atoms with Gasteiger partial charge in [0.25, 0.3) is 0 Å².